The van der Waals surface area contributed by atoms with Crippen molar-refractivity contribution in [1.82, 2.24) is 5.32 Å². The van der Waals surface area contributed by atoms with E-state index < -0.39 is 46.0 Å². The molecule has 0 spiro atoms. The van der Waals surface area contributed by atoms with E-state index in [1.807, 2.05) is 26.0 Å². The number of rotatable bonds is 9. The Kier molecular flexibility index (Phi) is 9.75. The van der Waals surface area contributed by atoms with Gasteiger partial charge in [-0.25, -0.2) is 4.39 Å². The van der Waals surface area contributed by atoms with Crippen LogP contribution in [0.5, 0.6) is 0 Å². The smallest absolute Gasteiger partial charge is 0.243 e. The molecular formula is C27H34FN3O4S. The first-order valence-electron chi connectivity index (χ1n) is 12.2. The Morgan fingerprint density at radius 1 is 1.03 bits per heavy atom. The van der Waals surface area contributed by atoms with Gasteiger partial charge in [0.25, 0.3) is 0 Å². The summed E-state index contributed by atoms with van der Waals surface area (Å²) in [6.07, 6.45) is 5.14. The molecule has 0 aromatic heterocycles. The topological polar surface area (TPSA) is 95.6 Å². The van der Waals surface area contributed by atoms with Crippen LogP contribution in [-0.4, -0.2) is 45.5 Å². The molecule has 2 aromatic rings. The van der Waals surface area contributed by atoms with Crippen LogP contribution in [0.4, 0.5) is 15.8 Å². The molecule has 2 N–H and O–H groups in total. The number of aryl methyl sites for hydroxylation is 1. The van der Waals surface area contributed by atoms with E-state index in [4.69, 9.17) is 0 Å². The van der Waals surface area contributed by atoms with Crippen molar-refractivity contribution >= 4 is 39.9 Å². The summed E-state index contributed by atoms with van der Waals surface area (Å²) in [4.78, 5) is 40.3. The van der Waals surface area contributed by atoms with Crippen LogP contribution in [0, 0.1) is 19.7 Å². The summed E-state index contributed by atoms with van der Waals surface area (Å²) in [7, 11) is -1.81. The fourth-order valence-corrected chi connectivity index (χ4v) is 5.26. The van der Waals surface area contributed by atoms with Crippen LogP contribution in [-0.2, 0) is 25.2 Å². The lowest BCUT2D eigenvalue weighted by Crippen LogP contribution is -2.52. The maximum Gasteiger partial charge on any atom is 0.243 e. The standard InChI is InChI=1S/C27H34FN3O4S/c1-18-8-7-11-24(19(18)2)31(20(3)27(34)30-22-9-5-4-6-10-22)26(33)17-36(35)16-25(32)29-23-14-12-21(28)13-15-23/h7-8,11-15,20,22H,4-6,9-10,16-17H2,1-3H3,(H,29,32)(H,30,34)/t20-,36-/m0/s1. The van der Waals surface area contributed by atoms with E-state index in [9.17, 15) is 23.0 Å². The van der Waals surface area contributed by atoms with Gasteiger partial charge in [-0.3, -0.25) is 23.5 Å². The molecule has 0 radical (unpaired) electrons. The van der Waals surface area contributed by atoms with Gasteiger partial charge in [-0.15, -0.1) is 0 Å². The summed E-state index contributed by atoms with van der Waals surface area (Å²) in [5, 5.41) is 5.62. The van der Waals surface area contributed by atoms with Gasteiger partial charge in [0, 0.05) is 28.2 Å². The van der Waals surface area contributed by atoms with Crippen molar-refractivity contribution in [3.8, 4) is 0 Å². The predicted octanol–water partition coefficient (Wildman–Crippen LogP) is 4.00. The van der Waals surface area contributed by atoms with Gasteiger partial charge in [-0.05, 0) is 75.1 Å². The van der Waals surface area contributed by atoms with E-state index >= 15 is 0 Å². The summed E-state index contributed by atoms with van der Waals surface area (Å²) < 4.78 is 25.8. The van der Waals surface area contributed by atoms with Crippen LogP contribution in [0.25, 0.3) is 0 Å². The van der Waals surface area contributed by atoms with Crippen LogP contribution in [0.2, 0.25) is 0 Å². The minimum absolute atomic E-state index is 0.0912. The third-order valence-electron chi connectivity index (χ3n) is 6.53. The lowest BCUT2D eigenvalue weighted by Gasteiger charge is -2.32. The summed E-state index contributed by atoms with van der Waals surface area (Å²) in [5.41, 5.74) is 2.77. The Bertz CT molecular complexity index is 1120. The average Bonchev–Trinajstić information content (AvgIpc) is 2.83. The molecule has 2 aromatic carbocycles. The molecule has 7 nitrogen and oxygen atoms in total. The first kappa shape index (κ1) is 27.5. The lowest BCUT2D eigenvalue weighted by atomic mass is 9.95. The van der Waals surface area contributed by atoms with Crippen molar-refractivity contribution < 1.29 is 23.0 Å². The van der Waals surface area contributed by atoms with Gasteiger partial charge in [0.15, 0.2) is 0 Å². The fraction of sp³-hybridized carbons (Fsp3) is 0.444. The van der Waals surface area contributed by atoms with Crippen molar-refractivity contribution in [3.63, 3.8) is 0 Å². The highest BCUT2D eigenvalue weighted by Gasteiger charge is 2.31. The molecule has 9 heteroatoms. The normalized spacial score (nSPS) is 15.6. The van der Waals surface area contributed by atoms with Crippen molar-refractivity contribution in [2.75, 3.05) is 21.7 Å². The van der Waals surface area contributed by atoms with Crippen molar-refractivity contribution in [3.05, 3.63) is 59.4 Å². The molecule has 0 saturated heterocycles. The predicted molar refractivity (Wildman–Crippen MR) is 141 cm³/mol. The maximum atomic E-state index is 13.4. The van der Waals surface area contributed by atoms with E-state index in [2.05, 4.69) is 10.6 Å². The summed E-state index contributed by atoms with van der Waals surface area (Å²) in [6.45, 7) is 5.47. The molecule has 36 heavy (non-hydrogen) atoms. The first-order chi connectivity index (χ1) is 17.2. The Morgan fingerprint density at radius 3 is 2.36 bits per heavy atom. The van der Waals surface area contributed by atoms with Gasteiger partial charge < -0.3 is 10.6 Å². The molecule has 2 atom stereocenters. The minimum Gasteiger partial charge on any atom is -0.352 e. The van der Waals surface area contributed by atoms with Crippen molar-refractivity contribution in [2.24, 2.45) is 0 Å². The van der Waals surface area contributed by atoms with E-state index in [0.29, 0.717) is 11.4 Å². The number of hydrogen-bond acceptors (Lipinski definition) is 4. The summed E-state index contributed by atoms with van der Waals surface area (Å²) >= 11 is 0. The number of nitrogens with one attached hydrogen (secondary N) is 2. The first-order valence-corrected chi connectivity index (χ1v) is 13.7. The quantitative estimate of drug-likeness (QED) is 0.528. The Hall–Kier alpha value is -3.07. The molecular weight excluding hydrogens is 481 g/mol. The second-order valence-electron chi connectivity index (χ2n) is 9.29. The molecule has 1 aliphatic rings. The highest BCUT2D eigenvalue weighted by atomic mass is 32.2. The molecule has 1 saturated carbocycles. The largest absolute Gasteiger partial charge is 0.352 e. The molecule has 1 fully saturated rings. The van der Waals surface area contributed by atoms with Gasteiger partial charge in [-0.2, -0.15) is 0 Å². The van der Waals surface area contributed by atoms with Gasteiger partial charge in [0.05, 0.1) is 0 Å². The highest BCUT2D eigenvalue weighted by Crippen LogP contribution is 2.26. The Labute approximate surface area is 214 Å². The van der Waals surface area contributed by atoms with Crippen LogP contribution in [0.15, 0.2) is 42.5 Å². The van der Waals surface area contributed by atoms with E-state index in [0.717, 1.165) is 43.2 Å². The van der Waals surface area contributed by atoms with Crippen molar-refractivity contribution in [2.45, 2.75) is 65.0 Å². The fourth-order valence-electron chi connectivity index (χ4n) is 4.38. The molecule has 0 bridgehead atoms. The van der Waals surface area contributed by atoms with E-state index in [1.165, 1.54) is 29.2 Å². The SMILES string of the molecule is Cc1cccc(N(C(=O)C[S@@](=O)CC(=O)Nc2ccc(F)cc2)[C@@H](C)C(=O)NC2CCCCC2)c1C. The van der Waals surface area contributed by atoms with Crippen LogP contribution >= 0.6 is 0 Å². The molecule has 0 aliphatic heterocycles. The molecule has 0 unspecified atom stereocenters. The Balaban J connectivity index is 1.72. The molecule has 3 rings (SSSR count). The molecule has 0 heterocycles. The van der Waals surface area contributed by atoms with Gasteiger partial charge in [0.1, 0.15) is 23.4 Å². The zero-order valence-corrected chi connectivity index (χ0v) is 21.8. The molecule has 3 amide bonds. The molecule has 194 valence electrons. The third kappa shape index (κ3) is 7.46. The molecule has 1 aliphatic carbocycles. The number of benzene rings is 2. The van der Waals surface area contributed by atoms with Gasteiger partial charge in [-0.1, -0.05) is 31.4 Å². The number of hydrogen-bond donors (Lipinski definition) is 2. The lowest BCUT2D eigenvalue weighted by molar-refractivity contribution is -0.126. The van der Waals surface area contributed by atoms with Crippen LogP contribution in [0.1, 0.15) is 50.2 Å². The second kappa shape index (κ2) is 12.8. The van der Waals surface area contributed by atoms with Crippen LogP contribution < -0.4 is 15.5 Å². The van der Waals surface area contributed by atoms with Crippen LogP contribution in [0.3, 0.4) is 0 Å². The second-order valence-corrected chi connectivity index (χ2v) is 10.7. The Morgan fingerprint density at radius 2 is 1.69 bits per heavy atom. The number of nitrogens with zero attached hydrogens (tertiary/aromatic N) is 1. The zero-order chi connectivity index (χ0) is 26.2. The van der Waals surface area contributed by atoms with E-state index in [-0.39, 0.29) is 11.9 Å². The van der Waals surface area contributed by atoms with Crippen molar-refractivity contribution in [1.29, 1.82) is 0 Å². The zero-order valence-electron chi connectivity index (χ0n) is 21.0. The third-order valence-corrected chi connectivity index (χ3v) is 7.68. The average molecular weight is 516 g/mol. The monoisotopic (exact) mass is 515 g/mol. The summed E-state index contributed by atoms with van der Waals surface area (Å²) in [6, 6.07) is 10.00. The highest BCUT2D eigenvalue weighted by molar-refractivity contribution is 7.86. The number of anilines is 2. The summed E-state index contributed by atoms with van der Waals surface area (Å²) in [5.74, 6) is -2.54. The van der Waals surface area contributed by atoms with E-state index in [1.54, 1.807) is 13.0 Å². The number of amides is 3. The number of halogens is 1. The van der Waals surface area contributed by atoms with Gasteiger partial charge in [0.2, 0.25) is 17.7 Å². The van der Waals surface area contributed by atoms with Gasteiger partial charge >= 0.3 is 0 Å². The maximum absolute atomic E-state index is 13.4. The number of carbonyl (C=O) groups excluding carboxylic acids is 3. The minimum atomic E-state index is -1.81. The number of carbonyl (C=O) groups is 3.